The fourth-order valence-electron chi connectivity index (χ4n) is 1.91. The summed E-state index contributed by atoms with van der Waals surface area (Å²) >= 11 is 0. The number of carbonyl (C=O) groups is 1. The van der Waals surface area contributed by atoms with Crippen LogP contribution in [0.4, 0.5) is 15.8 Å². The first-order chi connectivity index (χ1) is 9.81. The van der Waals surface area contributed by atoms with Gasteiger partial charge in [-0.15, -0.1) is 0 Å². The molecule has 1 rings (SSSR count). The number of nitro groups is 1. The monoisotopic (exact) mass is 300 g/mol. The van der Waals surface area contributed by atoms with E-state index in [9.17, 15) is 19.3 Å². The summed E-state index contributed by atoms with van der Waals surface area (Å²) in [5, 5.41) is 20.1. The van der Waals surface area contributed by atoms with E-state index >= 15 is 0 Å². The minimum absolute atomic E-state index is 0.0231. The van der Waals surface area contributed by atoms with Gasteiger partial charge in [0.05, 0.1) is 18.1 Å². The molecule has 0 heterocycles. The highest BCUT2D eigenvalue weighted by atomic mass is 19.1. The minimum Gasteiger partial charge on any atom is -0.494 e. The van der Waals surface area contributed by atoms with Crippen molar-refractivity contribution in [2.75, 3.05) is 18.6 Å². The average Bonchev–Trinajstić information content (AvgIpc) is 2.43. The van der Waals surface area contributed by atoms with E-state index in [1.165, 1.54) is 12.0 Å². The predicted molar refractivity (Wildman–Crippen MR) is 74.3 cm³/mol. The molecule has 0 aliphatic rings. The van der Waals surface area contributed by atoms with Crippen LogP contribution in [0, 0.1) is 15.9 Å². The third-order valence-electron chi connectivity index (χ3n) is 3.18. The van der Waals surface area contributed by atoms with Crippen LogP contribution < -0.4 is 9.64 Å². The molecule has 1 unspecified atom stereocenters. The molecular weight excluding hydrogens is 283 g/mol. The molecule has 0 radical (unpaired) electrons. The molecule has 0 spiro atoms. The molecule has 1 aromatic rings. The van der Waals surface area contributed by atoms with Crippen molar-refractivity contribution in [1.82, 2.24) is 0 Å². The molecule has 0 aliphatic carbocycles. The first kappa shape index (κ1) is 16.7. The number of carboxylic acid groups (broad SMARTS) is 1. The van der Waals surface area contributed by atoms with Crippen molar-refractivity contribution in [2.45, 2.75) is 26.3 Å². The van der Waals surface area contributed by atoms with Crippen LogP contribution >= 0.6 is 0 Å². The molecule has 0 aromatic heterocycles. The number of hydrogen-bond acceptors (Lipinski definition) is 5. The second-order valence-corrected chi connectivity index (χ2v) is 4.51. The zero-order valence-corrected chi connectivity index (χ0v) is 12.0. The normalized spacial score (nSPS) is 11.8. The Kier molecular flexibility index (Phi) is 5.45. The molecule has 1 N–H and O–H groups in total. The topological polar surface area (TPSA) is 92.9 Å². The Morgan fingerprint density at radius 1 is 1.57 bits per heavy atom. The maximum Gasteiger partial charge on any atom is 0.323 e. The highest BCUT2D eigenvalue weighted by molar-refractivity contribution is 5.77. The molecule has 0 bridgehead atoms. The summed E-state index contributed by atoms with van der Waals surface area (Å²) in [5.41, 5.74) is -0.468. The molecule has 0 saturated carbocycles. The number of nitrogens with zero attached hydrogens (tertiary/aromatic N) is 2. The van der Waals surface area contributed by atoms with E-state index in [-0.39, 0.29) is 17.5 Å². The third-order valence-corrected chi connectivity index (χ3v) is 3.18. The Morgan fingerprint density at radius 3 is 2.62 bits per heavy atom. The van der Waals surface area contributed by atoms with Crippen LogP contribution in [0.5, 0.6) is 5.75 Å². The lowest BCUT2D eigenvalue weighted by atomic mass is 10.1. The highest BCUT2D eigenvalue weighted by Crippen LogP contribution is 2.35. The minimum atomic E-state index is -1.13. The standard InChI is InChI=1S/C13H17FN2O5/c1-4-8(2)15(7-13(17)18)10-6-12(21-3)9(14)5-11(10)16(19)20/h5-6,8H,4,7H2,1-3H3,(H,17,18). The zero-order chi connectivity index (χ0) is 16.2. The predicted octanol–water partition coefficient (Wildman–Crippen LogP) is 2.43. The van der Waals surface area contributed by atoms with Gasteiger partial charge in [0.25, 0.3) is 5.69 Å². The molecule has 1 aromatic carbocycles. The average molecular weight is 300 g/mol. The number of benzene rings is 1. The third kappa shape index (κ3) is 3.80. The van der Waals surface area contributed by atoms with Crippen molar-refractivity contribution < 1.29 is 24.0 Å². The molecule has 1 atom stereocenters. The van der Waals surface area contributed by atoms with E-state index in [1.54, 1.807) is 6.92 Å². The molecule has 0 amide bonds. The SMILES string of the molecule is CCC(C)N(CC(=O)O)c1cc(OC)c(F)cc1[N+](=O)[O-]. The zero-order valence-electron chi connectivity index (χ0n) is 12.0. The van der Waals surface area contributed by atoms with E-state index in [2.05, 4.69) is 0 Å². The Balaban J connectivity index is 3.46. The van der Waals surface area contributed by atoms with Crippen molar-refractivity contribution in [3.8, 4) is 5.75 Å². The van der Waals surface area contributed by atoms with E-state index in [0.717, 1.165) is 12.1 Å². The van der Waals surface area contributed by atoms with Crippen molar-refractivity contribution in [2.24, 2.45) is 0 Å². The van der Waals surface area contributed by atoms with Crippen LogP contribution in [0.1, 0.15) is 20.3 Å². The number of hydrogen-bond donors (Lipinski definition) is 1. The lowest BCUT2D eigenvalue weighted by Gasteiger charge is -2.29. The van der Waals surface area contributed by atoms with Crippen molar-refractivity contribution in [1.29, 1.82) is 0 Å². The molecule has 0 saturated heterocycles. The van der Waals surface area contributed by atoms with Crippen LogP contribution in [-0.2, 0) is 4.79 Å². The van der Waals surface area contributed by atoms with Crippen molar-refractivity contribution >= 4 is 17.3 Å². The molecular formula is C13H17FN2O5. The van der Waals surface area contributed by atoms with Gasteiger partial charge in [-0.1, -0.05) is 6.92 Å². The van der Waals surface area contributed by atoms with Gasteiger partial charge >= 0.3 is 5.97 Å². The molecule has 0 aliphatic heterocycles. The van der Waals surface area contributed by atoms with Gasteiger partial charge in [0.15, 0.2) is 11.6 Å². The number of halogens is 1. The van der Waals surface area contributed by atoms with Crippen LogP contribution in [0.2, 0.25) is 0 Å². The van der Waals surface area contributed by atoms with E-state index in [0.29, 0.717) is 6.42 Å². The summed E-state index contributed by atoms with van der Waals surface area (Å²) in [7, 11) is 1.23. The first-order valence-electron chi connectivity index (χ1n) is 6.32. The number of nitro benzene ring substituents is 1. The van der Waals surface area contributed by atoms with Crippen LogP contribution in [0.25, 0.3) is 0 Å². The summed E-state index contributed by atoms with van der Waals surface area (Å²) in [6.07, 6.45) is 0.574. The Hall–Kier alpha value is -2.38. The maximum absolute atomic E-state index is 13.6. The van der Waals surface area contributed by atoms with Gasteiger partial charge in [0.2, 0.25) is 0 Å². The molecule has 21 heavy (non-hydrogen) atoms. The number of anilines is 1. The largest absolute Gasteiger partial charge is 0.494 e. The van der Waals surface area contributed by atoms with Crippen molar-refractivity contribution in [3.05, 3.63) is 28.1 Å². The van der Waals surface area contributed by atoms with Crippen molar-refractivity contribution in [3.63, 3.8) is 0 Å². The summed E-state index contributed by atoms with van der Waals surface area (Å²) in [6.45, 7) is 3.14. The molecule has 7 nitrogen and oxygen atoms in total. The lowest BCUT2D eigenvalue weighted by molar-refractivity contribution is -0.384. The summed E-state index contributed by atoms with van der Waals surface area (Å²) < 4.78 is 18.5. The van der Waals surface area contributed by atoms with Crippen LogP contribution in [0.15, 0.2) is 12.1 Å². The molecule has 116 valence electrons. The van der Waals surface area contributed by atoms with Gasteiger partial charge in [-0.05, 0) is 13.3 Å². The van der Waals surface area contributed by atoms with Gasteiger partial charge in [0, 0.05) is 12.1 Å². The van der Waals surface area contributed by atoms with Gasteiger partial charge in [0.1, 0.15) is 12.2 Å². The first-order valence-corrected chi connectivity index (χ1v) is 6.32. The molecule has 0 fully saturated rings. The van der Waals surface area contributed by atoms with Gasteiger partial charge in [-0.25, -0.2) is 4.39 Å². The fourth-order valence-corrected chi connectivity index (χ4v) is 1.91. The quantitative estimate of drug-likeness (QED) is 0.614. The Bertz CT molecular complexity index is 550. The van der Waals surface area contributed by atoms with E-state index in [1.807, 2.05) is 6.92 Å². The smallest absolute Gasteiger partial charge is 0.323 e. The highest BCUT2D eigenvalue weighted by Gasteiger charge is 2.27. The van der Waals surface area contributed by atoms with Gasteiger partial charge < -0.3 is 14.7 Å². The molecule has 8 heteroatoms. The Morgan fingerprint density at radius 2 is 2.19 bits per heavy atom. The summed E-state index contributed by atoms with van der Waals surface area (Å²) in [6, 6.07) is 1.63. The number of methoxy groups -OCH3 is 1. The summed E-state index contributed by atoms with van der Waals surface area (Å²) in [4.78, 5) is 22.7. The number of ether oxygens (including phenoxy) is 1. The van der Waals surface area contributed by atoms with Gasteiger partial charge in [-0.3, -0.25) is 14.9 Å². The maximum atomic E-state index is 13.6. The van der Waals surface area contributed by atoms with Crippen LogP contribution in [0.3, 0.4) is 0 Å². The number of aliphatic carboxylic acids is 1. The summed E-state index contributed by atoms with van der Waals surface area (Å²) in [5.74, 6) is -2.17. The number of carboxylic acids is 1. The van der Waals surface area contributed by atoms with Crippen LogP contribution in [-0.4, -0.2) is 35.7 Å². The number of rotatable bonds is 7. The fraction of sp³-hybridized carbons (Fsp3) is 0.462. The Labute approximate surface area is 121 Å². The van der Waals surface area contributed by atoms with Gasteiger partial charge in [-0.2, -0.15) is 0 Å². The second-order valence-electron chi connectivity index (χ2n) is 4.51. The van der Waals surface area contributed by atoms with E-state index in [4.69, 9.17) is 9.84 Å². The second kappa shape index (κ2) is 6.87. The lowest BCUT2D eigenvalue weighted by Crippen LogP contribution is -2.37. The van der Waals surface area contributed by atoms with E-state index < -0.39 is 28.9 Å².